The Balaban J connectivity index is 1.71. The summed E-state index contributed by atoms with van der Waals surface area (Å²) in [5.41, 5.74) is 0.246. The number of halogens is 1. The topological polar surface area (TPSA) is 108 Å². The maximum absolute atomic E-state index is 13.1. The van der Waals surface area contributed by atoms with Crippen LogP contribution in [-0.2, 0) is 10.0 Å². The number of fused-ring (bicyclic) bond motifs is 1. The lowest BCUT2D eigenvalue weighted by atomic mass is 10.1. The summed E-state index contributed by atoms with van der Waals surface area (Å²) >= 11 is 0. The Kier molecular flexibility index (Phi) is 5.29. The highest BCUT2D eigenvalue weighted by Crippen LogP contribution is 2.24. The van der Waals surface area contributed by atoms with Gasteiger partial charge in [-0.05, 0) is 55.3 Å². The molecule has 0 unspecified atom stereocenters. The second kappa shape index (κ2) is 7.91. The molecule has 9 heteroatoms. The molecule has 0 radical (unpaired) electrons. The maximum Gasteiger partial charge on any atom is 0.261 e. The molecular formula is C21H20FN3O4S. The van der Waals surface area contributed by atoms with Crippen LogP contribution in [0, 0.1) is 5.82 Å². The van der Waals surface area contributed by atoms with Crippen molar-refractivity contribution in [3.63, 3.8) is 0 Å². The number of aromatic amines is 1. The first-order valence-corrected chi connectivity index (χ1v) is 11.1. The number of hydrogen-bond donors (Lipinski definition) is 3. The predicted molar refractivity (Wildman–Crippen MR) is 111 cm³/mol. The SMILES string of the molecule is O=C(NC1CCCC1)c1cc(=O)[nH]c2ccc(S(=O)(=O)Nc3ccc(F)cc3)cc12. The summed E-state index contributed by atoms with van der Waals surface area (Å²) < 4.78 is 41.0. The number of anilines is 1. The van der Waals surface area contributed by atoms with E-state index in [1.54, 1.807) is 0 Å². The van der Waals surface area contributed by atoms with E-state index in [-0.39, 0.29) is 22.2 Å². The van der Waals surface area contributed by atoms with Crippen LogP contribution in [0.5, 0.6) is 0 Å². The number of amides is 1. The van der Waals surface area contributed by atoms with Gasteiger partial charge in [0.15, 0.2) is 0 Å². The van der Waals surface area contributed by atoms with Crippen molar-refractivity contribution < 1.29 is 17.6 Å². The maximum atomic E-state index is 13.1. The first kappa shape index (κ1) is 20.1. The van der Waals surface area contributed by atoms with E-state index in [4.69, 9.17) is 0 Å². The van der Waals surface area contributed by atoms with Crippen molar-refractivity contribution in [3.05, 3.63) is 70.3 Å². The number of hydrogen-bond acceptors (Lipinski definition) is 4. The van der Waals surface area contributed by atoms with Gasteiger partial charge in [0, 0.05) is 28.7 Å². The van der Waals surface area contributed by atoms with Crippen LogP contribution < -0.4 is 15.6 Å². The van der Waals surface area contributed by atoms with E-state index in [0.717, 1.165) is 37.8 Å². The van der Waals surface area contributed by atoms with E-state index < -0.39 is 27.3 Å². The summed E-state index contributed by atoms with van der Waals surface area (Å²) in [6, 6.07) is 10.3. The Hall–Kier alpha value is -3.20. The van der Waals surface area contributed by atoms with Crippen LogP contribution in [0.1, 0.15) is 36.0 Å². The minimum Gasteiger partial charge on any atom is -0.349 e. The van der Waals surface area contributed by atoms with E-state index >= 15 is 0 Å². The smallest absolute Gasteiger partial charge is 0.261 e. The summed E-state index contributed by atoms with van der Waals surface area (Å²) in [7, 11) is -3.99. The van der Waals surface area contributed by atoms with Crippen LogP contribution in [0.25, 0.3) is 10.9 Å². The molecule has 3 aromatic rings. The third-order valence-electron chi connectivity index (χ3n) is 5.16. The minimum absolute atomic E-state index is 0.0545. The van der Waals surface area contributed by atoms with E-state index in [9.17, 15) is 22.4 Å². The number of pyridine rings is 1. The predicted octanol–water partition coefficient (Wildman–Crippen LogP) is 3.14. The van der Waals surface area contributed by atoms with Gasteiger partial charge in [-0.3, -0.25) is 14.3 Å². The molecule has 156 valence electrons. The molecule has 3 N–H and O–H groups in total. The molecule has 0 aliphatic heterocycles. The van der Waals surface area contributed by atoms with E-state index in [0.29, 0.717) is 10.9 Å². The zero-order chi connectivity index (χ0) is 21.3. The molecule has 30 heavy (non-hydrogen) atoms. The number of sulfonamides is 1. The van der Waals surface area contributed by atoms with E-state index in [1.165, 1.54) is 36.4 Å². The number of carbonyl (C=O) groups is 1. The Labute approximate surface area is 172 Å². The van der Waals surface area contributed by atoms with Gasteiger partial charge < -0.3 is 10.3 Å². The highest BCUT2D eigenvalue weighted by Gasteiger charge is 2.21. The summed E-state index contributed by atoms with van der Waals surface area (Å²) in [6.45, 7) is 0. The second-order valence-electron chi connectivity index (χ2n) is 7.32. The molecule has 0 bridgehead atoms. The molecule has 7 nitrogen and oxygen atoms in total. The third-order valence-corrected chi connectivity index (χ3v) is 6.54. The number of benzene rings is 2. The van der Waals surface area contributed by atoms with E-state index in [2.05, 4.69) is 15.0 Å². The summed E-state index contributed by atoms with van der Waals surface area (Å²) in [5, 5.41) is 3.25. The van der Waals surface area contributed by atoms with Crippen LogP contribution in [-0.4, -0.2) is 25.4 Å². The molecule has 1 fully saturated rings. The summed E-state index contributed by atoms with van der Waals surface area (Å²) in [5.74, 6) is -0.885. The van der Waals surface area contributed by atoms with Gasteiger partial charge in [-0.15, -0.1) is 0 Å². The zero-order valence-electron chi connectivity index (χ0n) is 15.9. The van der Waals surface area contributed by atoms with Gasteiger partial charge in [-0.25, -0.2) is 12.8 Å². The standard InChI is InChI=1S/C21H20FN3O4S/c22-13-5-7-15(8-6-13)25-30(28,29)16-9-10-19-17(11-16)18(12-20(26)24-19)21(27)23-14-3-1-2-4-14/h5-12,14,25H,1-4H2,(H,23,27)(H,24,26). The van der Waals surface area contributed by atoms with Gasteiger partial charge >= 0.3 is 0 Å². The first-order valence-electron chi connectivity index (χ1n) is 9.58. The fourth-order valence-electron chi connectivity index (χ4n) is 3.65. The van der Waals surface area contributed by atoms with Crippen molar-refractivity contribution in [2.45, 2.75) is 36.6 Å². The third kappa shape index (κ3) is 4.20. The Morgan fingerprint density at radius 1 is 1.03 bits per heavy atom. The first-order chi connectivity index (χ1) is 14.3. The fourth-order valence-corrected chi connectivity index (χ4v) is 4.74. The van der Waals surface area contributed by atoms with Gasteiger partial charge in [-0.2, -0.15) is 0 Å². The molecule has 1 amide bonds. The Morgan fingerprint density at radius 3 is 2.43 bits per heavy atom. The Bertz CT molecular complexity index is 1260. The molecule has 1 saturated carbocycles. The van der Waals surface area contributed by atoms with Crippen LogP contribution in [0.15, 0.2) is 58.2 Å². The largest absolute Gasteiger partial charge is 0.349 e. The number of rotatable bonds is 5. The average Bonchev–Trinajstić information content (AvgIpc) is 3.21. The molecule has 0 spiro atoms. The van der Waals surface area contributed by atoms with Crippen molar-refractivity contribution in [1.82, 2.24) is 10.3 Å². The molecule has 4 rings (SSSR count). The van der Waals surface area contributed by atoms with Gasteiger partial charge in [0.1, 0.15) is 5.82 Å². The molecule has 0 atom stereocenters. The van der Waals surface area contributed by atoms with Crippen molar-refractivity contribution in [1.29, 1.82) is 0 Å². The normalized spacial score (nSPS) is 14.7. The lowest BCUT2D eigenvalue weighted by molar-refractivity contribution is 0.0939. The molecular weight excluding hydrogens is 409 g/mol. The van der Waals surface area contributed by atoms with Crippen molar-refractivity contribution in [2.24, 2.45) is 0 Å². The molecule has 1 aliphatic rings. The van der Waals surface area contributed by atoms with Gasteiger partial charge in [-0.1, -0.05) is 12.8 Å². The number of H-pyrrole nitrogens is 1. The quantitative estimate of drug-likeness (QED) is 0.579. The lowest BCUT2D eigenvalue weighted by Crippen LogP contribution is -2.33. The molecule has 0 saturated heterocycles. The van der Waals surface area contributed by atoms with Crippen molar-refractivity contribution in [3.8, 4) is 0 Å². The summed E-state index contributed by atoms with van der Waals surface area (Å²) in [6.07, 6.45) is 3.85. The molecule has 2 aromatic carbocycles. The minimum atomic E-state index is -3.99. The van der Waals surface area contributed by atoms with E-state index in [1.807, 2.05) is 0 Å². The molecule has 1 heterocycles. The average molecular weight is 429 g/mol. The lowest BCUT2D eigenvalue weighted by Gasteiger charge is -2.14. The van der Waals surface area contributed by atoms with Crippen molar-refractivity contribution in [2.75, 3.05) is 4.72 Å². The highest BCUT2D eigenvalue weighted by molar-refractivity contribution is 7.92. The number of aromatic nitrogens is 1. The molecule has 1 aliphatic carbocycles. The fraction of sp³-hybridized carbons (Fsp3) is 0.238. The van der Waals surface area contributed by atoms with Gasteiger partial charge in [0.2, 0.25) is 5.56 Å². The van der Waals surface area contributed by atoms with Crippen LogP contribution in [0.2, 0.25) is 0 Å². The summed E-state index contributed by atoms with van der Waals surface area (Å²) in [4.78, 5) is 27.3. The van der Waals surface area contributed by atoms with Crippen molar-refractivity contribution >= 4 is 32.5 Å². The molecule has 1 aromatic heterocycles. The highest BCUT2D eigenvalue weighted by atomic mass is 32.2. The number of carbonyl (C=O) groups excluding carboxylic acids is 1. The Morgan fingerprint density at radius 2 is 1.73 bits per heavy atom. The van der Waals surface area contributed by atoms with Crippen LogP contribution >= 0.6 is 0 Å². The zero-order valence-corrected chi connectivity index (χ0v) is 16.8. The van der Waals surface area contributed by atoms with Gasteiger partial charge in [0.05, 0.1) is 10.5 Å². The monoisotopic (exact) mass is 429 g/mol. The van der Waals surface area contributed by atoms with Gasteiger partial charge in [0.25, 0.3) is 15.9 Å². The van der Waals surface area contributed by atoms with Crippen LogP contribution in [0.3, 0.4) is 0 Å². The van der Waals surface area contributed by atoms with Crippen LogP contribution in [0.4, 0.5) is 10.1 Å². The number of nitrogens with one attached hydrogen (secondary N) is 3. The second-order valence-corrected chi connectivity index (χ2v) is 9.00.